The van der Waals surface area contributed by atoms with Crippen molar-refractivity contribution in [3.05, 3.63) is 18.2 Å². The number of carboxylic acid groups (broad SMARTS) is 1. The largest absolute Gasteiger partial charge is 0.481 e. The number of aromatic nitrogens is 2. The van der Waals surface area contributed by atoms with Crippen LogP contribution in [0.25, 0.3) is 0 Å². The minimum Gasteiger partial charge on any atom is -0.481 e. The van der Waals surface area contributed by atoms with E-state index in [4.69, 9.17) is 9.84 Å². The molecule has 1 fully saturated rings. The topological polar surface area (TPSA) is 93.5 Å². The number of carboxylic acids is 1. The Kier molecular flexibility index (Phi) is 3.10. The average Bonchev–Trinajstić information content (AvgIpc) is 2.86. The van der Waals surface area contributed by atoms with Crippen molar-refractivity contribution in [3.63, 3.8) is 0 Å². The summed E-state index contributed by atoms with van der Waals surface area (Å²) in [6.45, 7) is 0.353. The molecule has 1 saturated heterocycles. The molecule has 1 amide bonds. The number of ether oxygens (including phenoxy) is 1. The Labute approximate surface area is 97.4 Å². The third-order valence-corrected chi connectivity index (χ3v) is 2.76. The van der Waals surface area contributed by atoms with Crippen molar-refractivity contribution in [1.82, 2.24) is 14.9 Å². The Morgan fingerprint density at radius 2 is 2.35 bits per heavy atom. The normalized spacial score (nSPS) is 23.6. The molecule has 0 radical (unpaired) electrons. The SMILES string of the molecule is Cn1cncc1C(=O)NC1COCC1C(=O)O. The Bertz CT molecular complexity index is 443. The van der Waals surface area contributed by atoms with E-state index in [0.29, 0.717) is 5.69 Å². The molecule has 2 unspecified atom stereocenters. The van der Waals surface area contributed by atoms with Gasteiger partial charge in [0.25, 0.3) is 5.91 Å². The summed E-state index contributed by atoms with van der Waals surface area (Å²) < 4.78 is 6.63. The van der Waals surface area contributed by atoms with Gasteiger partial charge >= 0.3 is 5.97 Å². The van der Waals surface area contributed by atoms with Gasteiger partial charge in [0.15, 0.2) is 0 Å². The molecule has 92 valence electrons. The number of hydrogen-bond donors (Lipinski definition) is 2. The van der Waals surface area contributed by atoms with Crippen LogP contribution in [0.15, 0.2) is 12.5 Å². The fourth-order valence-corrected chi connectivity index (χ4v) is 1.76. The number of aliphatic carboxylic acids is 1. The highest BCUT2D eigenvalue weighted by Crippen LogP contribution is 2.14. The van der Waals surface area contributed by atoms with Crippen molar-refractivity contribution < 1.29 is 19.4 Å². The summed E-state index contributed by atoms with van der Waals surface area (Å²) in [5.41, 5.74) is 0.390. The molecule has 1 aliphatic heterocycles. The van der Waals surface area contributed by atoms with E-state index in [2.05, 4.69) is 10.3 Å². The smallest absolute Gasteiger partial charge is 0.311 e. The molecule has 0 spiro atoms. The van der Waals surface area contributed by atoms with Gasteiger partial charge in [-0.15, -0.1) is 0 Å². The van der Waals surface area contributed by atoms with Gasteiger partial charge in [-0.2, -0.15) is 0 Å². The summed E-state index contributed by atoms with van der Waals surface area (Å²) in [7, 11) is 1.70. The molecule has 0 aromatic carbocycles. The van der Waals surface area contributed by atoms with Crippen molar-refractivity contribution >= 4 is 11.9 Å². The zero-order chi connectivity index (χ0) is 12.4. The van der Waals surface area contributed by atoms with Crippen molar-refractivity contribution in [3.8, 4) is 0 Å². The summed E-state index contributed by atoms with van der Waals surface area (Å²) in [4.78, 5) is 26.6. The molecule has 1 aromatic rings. The van der Waals surface area contributed by atoms with Gasteiger partial charge < -0.3 is 19.7 Å². The molecule has 7 nitrogen and oxygen atoms in total. The monoisotopic (exact) mass is 239 g/mol. The molecule has 2 N–H and O–H groups in total. The number of rotatable bonds is 3. The first-order valence-electron chi connectivity index (χ1n) is 5.17. The third kappa shape index (κ3) is 2.28. The minimum atomic E-state index is -0.960. The maximum Gasteiger partial charge on any atom is 0.311 e. The molecule has 17 heavy (non-hydrogen) atoms. The van der Waals surface area contributed by atoms with Crippen LogP contribution in [0.2, 0.25) is 0 Å². The number of aryl methyl sites for hydroxylation is 1. The molecular weight excluding hydrogens is 226 g/mol. The Morgan fingerprint density at radius 1 is 1.59 bits per heavy atom. The number of carbonyl (C=O) groups is 2. The first-order valence-corrected chi connectivity index (χ1v) is 5.17. The Morgan fingerprint density at radius 3 is 2.94 bits per heavy atom. The second kappa shape index (κ2) is 4.54. The number of nitrogens with zero attached hydrogens (tertiary/aromatic N) is 2. The molecule has 7 heteroatoms. The zero-order valence-corrected chi connectivity index (χ0v) is 9.29. The van der Waals surface area contributed by atoms with Gasteiger partial charge in [-0.05, 0) is 0 Å². The van der Waals surface area contributed by atoms with Crippen LogP contribution in [0, 0.1) is 5.92 Å². The standard InChI is InChI=1S/C10H13N3O4/c1-13-5-11-2-8(13)9(14)12-7-4-17-3-6(7)10(15)16/h2,5-7H,3-4H2,1H3,(H,12,14)(H,15,16). The van der Waals surface area contributed by atoms with Gasteiger partial charge in [0, 0.05) is 7.05 Å². The van der Waals surface area contributed by atoms with E-state index in [9.17, 15) is 9.59 Å². The Hall–Kier alpha value is -1.89. The lowest BCUT2D eigenvalue weighted by atomic mass is 10.0. The average molecular weight is 239 g/mol. The van der Waals surface area contributed by atoms with Gasteiger partial charge in [-0.1, -0.05) is 0 Å². The fraction of sp³-hybridized carbons (Fsp3) is 0.500. The quantitative estimate of drug-likeness (QED) is 0.723. The lowest BCUT2D eigenvalue weighted by molar-refractivity contribution is -0.142. The van der Waals surface area contributed by atoms with Crippen LogP contribution in [0.4, 0.5) is 0 Å². The lowest BCUT2D eigenvalue weighted by Crippen LogP contribution is -2.43. The molecule has 1 aromatic heterocycles. The van der Waals surface area contributed by atoms with Gasteiger partial charge in [-0.3, -0.25) is 9.59 Å². The maximum absolute atomic E-state index is 11.8. The second-order valence-electron chi connectivity index (χ2n) is 3.95. The van der Waals surface area contributed by atoms with Crippen LogP contribution in [0.5, 0.6) is 0 Å². The van der Waals surface area contributed by atoms with Gasteiger partial charge in [-0.25, -0.2) is 4.98 Å². The van der Waals surface area contributed by atoms with E-state index in [1.807, 2.05) is 0 Å². The van der Waals surface area contributed by atoms with Crippen molar-refractivity contribution in [2.24, 2.45) is 13.0 Å². The highest BCUT2D eigenvalue weighted by Gasteiger charge is 2.35. The van der Waals surface area contributed by atoms with Gasteiger partial charge in [0.1, 0.15) is 11.6 Å². The molecule has 2 atom stereocenters. The number of imidazole rings is 1. The molecule has 2 rings (SSSR count). The van der Waals surface area contributed by atoms with Gasteiger partial charge in [0.05, 0.1) is 31.8 Å². The molecule has 1 aliphatic rings. The first-order chi connectivity index (χ1) is 8.09. The van der Waals surface area contributed by atoms with Crippen molar-refractivity contribution in [1.29, 1.82) is 0 Å². The Balaban J connectivity index is 2.04. The summed E-state index contributed by atoms with van der Waals surface area (Å²) >= 11 is 0. The van der Waals surface area contributed by atoms with E-state index >= 15 is 0 Å². The highest BCUT2D eigenvalue weighted by molar-refractivity contribution is 5.93. The summed E-state index contributed by atoms with van der Waals surface area (Å²) in [6, 6.07) is -0.491. The fourth-order valence-electron chi connectivity index (χ4n) is 1.76. The van der Waals surface area contributed by atoms with Crippen LogP contribution in [-0.2, 0) is 16.6 Å². The zero-order valence-electron chi connectivity index (χ0n) is 9.29. The second-order valence-corrected chi connectivity index (χ2v) is 3.95. The minimum absolute atomic E-state index is 0.131. The number of carbonyl (C=O) groups excluding carboxylic acids is 1. The van der Waals surface area contributed by atoms with Crippen molar-refractivity contribution in [2.75, 3.05) is 13.2 Å². The first kappa shape index (κ1) is 11.6. The predicted molar refractivity (Wildman–Crippen MR) is 56.4 cm³/mol. The predicted octanol–water partition coefficient (Wildman–Crippen LogP) is -0.750. The van der Waals surface area contributed by atoms with Crippen molar-refractivity contribution in [2.45, 2.75) is 6.04 Å². The van der Waals surface area contributed by atoms with E-state index in [-0.39, 0.29) is 19.1 Å². The van der Waals surface area contributed by atoms with Crippen LogP contribution in [0.1, 0.15) is 10.5 Å². The number of nitrogens with one attached hydrogen (secondary N) is 1. The molecule has 0 saturated carbocycles. The van der Waals surface area contributed by atoms with Gasteiger partial charge in [0.2, 0.25) is 0 Å². The van der Waals surface area contributed by atoms with Crippen LogP contribution in [0.3, 0.4) is 0 Å². The molecule has 0 bridgehead atoms. The molecular formula is C10H13N3O4. The summed E-state index contributed by atoms with van der Waals surface area (Å²) in [5.74, 6) is -1.99. The molecule has 0 aliphatic carbocycles. The summed E-state index contributed by atoms with van der Waals surface area (Å²) in [6.07, 6.45) is 2.94. The number of hydrogen-bond acceptors (Lipinski definition) is 4. The van der Waals surface area contributed by atoms with E-state index in [0.717, 1.165) is 0 Å². The van der Waals surface area contributed by atoms with Crippen LogP contribution < -0.4 is 5.32 Å². The van der Waals surface area contributed by atoms with E-state index < -0.39 is 17.9 Å². The number of amides is 1. The van der Waals surface area contributed by atoms with Crippen LogP contribution in [-0.4, -0.2) is 45.8 Å². The van der Waals surface area contributed by atoms with Crippen LogP contribution >= 0.6 is 0 Å². The summed E-state index contributed by atoms with van der Waals surface area (Å²) in [5, 5.41) is 11.6. The third-order valence-electron chi connectivity index (χ3n) is 2.76. The highest BCUT2D eigenvalue weighted by atomic mass is 16.5. The molecule has 2 heterocycles. The maximum atomic E-state index is 11.8. The van der Waals surface area contributed by atoms with E-state index in [1.165, 1.54) is 12.5 Å². The van der Waals surface area contributed by atoms with E-state index in [1.54, 1.807) is 11.6 Å². The lowest BCUT2D eigenvalue weighted by Gasteiger charge is -2.15.